The smallest absolute Gasteiger partial charge is 0.255 e. The van der Waals surface area contributed by atoms with E-state index in [0.717, 1.165) is 16.5 Å². The van der Waals surface area contributed by atoms with Gasteiger partial charge in [-0.25, -0.2) is 4.68 Å². The van der Waals surface area contributed by atoms with E-state index in [0.29, 0.717) is 29.2 Å². The zero-order chi connectivity index (χ0) is 19.5. The molecular weight excluding hydrogens is 350 g/mol. The lowest BCUT2D eigenvalue weighted by Gasteiger charge is -2.09. The molecule has 0 bridgehead atoms. The number of nitrogens with one attached hydrogen (secondary N) is 1. The molecule has 1 heterocycles. The Kier molecular flexibility index (Phi) is 4.48. The number of nitrogens with zero attached hydrogens (tertiary/aromatic N) is 3. The third kappa shape index (κ3) is 3.29. The maximum absolute atomic E-state index is 12.4. The Morgan fingerprint density at radius 1 is 1.04 bits per heavy atom. The molecule has 6 nitrogen and oxygen atoms in total. The van der Waals surface area contributed by atoms with Gasteiger partial charge in [0.15, 0.2) is 0 Å². The van der Waals surface area contributed by atoms with Crippen molar-refractivity contribution in [3.05, 3.63) is 89.6 Å². The second-order valence-corrected chi connectivity index (χ2v) is 6.37. The van der Waals surface area contributed by atoms with E-state index in [-0.39, 0.29) is 5.91 Å². The van der Waals surface area contributed by atoms with Crippen molar-refractivity contribution >= 4 is 28.2 Å². The van der Waals surface area contributed by atoms with Crippen LogP contribution in [0.1, 0.15) is 21.6 Å². The summed E-state index contributed by atoms with van der Waals surface area (Å²) in [5.74, 6) is -0.230. The lowest BCUT2D eigenvalue weighted by Crippen LogP contribution is -2.13. The highest BCUT2D eigenvalue weighted by atomic mass is 16.1. The van der Waals surface area contributed by atoms with Gasteiger partial charge in [-0.05, 0) is 42.0 Å². The summed E-state index contributed by atoms with van der Waals surface area (Å²) in [4.78, 5) is 12.4. The summed E-state index contributed by atoms with van der Waals surface area (Å²) in [5.41, 5.74) is 9.75. The van der Waals surface area contributed by atoms with E-state index in [9.17, 15) is 10.1 Å². The number of benzene rings is 3. The predicted octanol–water partition coefficient (Wildman–Crippen LogP) is 3.79. The van der Waals surface area contributed by atoms with Gasteiger partial charge >= 0.3 is 0 Å². The van der Waals surface area contributed by atoms with E-state index in [1.165, 1.54) is 0 Å². The molecule has 28 heavy (non-hydrogen) atoms. The minimum Gasteiger partial charge on any atom is -0.397 e. The SMILES string of the molecule is N#Cc1c2ccccc2nn1Cc1ccc(C(=O)Nc2ccccc2N)cc1. The molecule has 0 atom stereocenters. The Bertz CT molecular complexity index is 1200. The second-order valence-electron chi connectivity index (χ2n) is 6.37. The predicted molar refractivity (Wildman–Crippen MR) is 109 cm³/mol. The summed E-state index contributed by atoms with van der Waals surface area (Å²) in [6.45, 7) is 0.450. The van der Waals surface area contributed by atoms with Crippen molar-refractivity contribution in [1.29, 1.82) is 5.26 Å². The Balaban J connectivity index is 1.53. The minimum atomic E-state index is -0.230. The zero-order valence-electron chi connectivity index (χ0n) is 15.0. The van der Waals surface area contributed by atoms with Gasteiger partial charge in [0.25, 0.3) is 5.91 Å². The zero-order valence-corrected chi connectivity index (χ0v) is 15.0. The molecule has 4 aromatic rings. The average molecular weight is 367 g/mol. The molecule has 0 aliphatic carbocycles. The Morgan fingerprint density at radius 2 is 1.75 bits per heavy atom. The van der Waals surface area contributed by atoms with Crippen LogP contribution in [0.4, 0.5) is 11.4 Å². The van der Waals surface area contributed by atoms with Crippen molar-refractivity contribution in [2.75, 3.05) is 11.1 Å². The number of fused-ring (bicyclic) bond motifs is 1. The molecule has 4 rings (SSSR count). The van der Waals surface area contributed by atoms with Crippen LogP contribution >= 0.6 is 0 Å². The molecule has 6 heteroatoms. The van der Waals surface area contributed by atoms with Gasteiger partial charge in [-0.15, -0.1) is 0 Å². The van der Waals surface area contributed by atoms with Crippen LogP contribution in [-0.2, 0) is 6.54 Å². The first-order chi connectivity index (χ1) is 13.7. The lowest BCUT2D eigenvalue weighted by molar-refractivity contribution is 0.102. The van der Waals surface area contributed by atoms with E-state index in [1.54, 1.807) is 28.9 Å². The van der Waals surface area contributed by atoms with Crippen LogP contribution < -0.4 is 11.1 Å². The van der Waals surface area contributed by atoms with E-state index in [1.807, 2.05) is 48.5 Å². The van der Waals surface area contributed by atoms with E-state index >= 15 is 0 Å². The molecule has 0 aliphatic heterocycles. The van der Waals surface area contributed by atoms with Crippen molar-refractivity contribution < 1.29 is 4.79 Å². The Hall–Kier alpha value is -4.11. The van der Waals surface area contributed by atoms with Crippen LogP contribution in [0.5, 0.6) is 0 Å². The van der Waals surface area contributed by atoms with Crippen LogP contribution in [0.25, 0.3) is 10.9 Å². The molecule has 0 unspecified atom stereocenters. The number of anilines is 2. The molecule has 3 N–H and O–H groups in total. The van der Waals surface area contributed by atoms with Gasteiger partial charge in [-0.3, -0.25) is 4.79 Å². The fraction of sp³-hybridized carbons (Fsp3) is 0.0455. The monoisotopic (exact) mass is 367 g/mol. The quantitative estimate of drug-likeness (QED) is 0.536. The van der Waals surface area contributed by atoms with E-state index in [2.05, 4.69) is 16.5 Å². The number of carbonyl (C=O) groups is 1. The van der Waals surface area contributed by atoms with Gasteiger partial charge in [0.1, 0.15) is 11.8 Å². The normalized spacial score (nSPS) is 10.5. The molecule has 0 saturated heterocycles. The first-order valence-electron chi connectivity index (χ1n) is 8.76. The van der Waals surface area contributed by atoms with Crippen LogP contribution in [0.3, 0.4) is 0 Å². The number of aromatic nitrogens is 2. The number of amides is 1. The molecule has 3 aromatic carbocycles. The number of rotatable bonds is 4. The van der Waals surface area contributed by atoms with Gasteiger partial charge < -0.3 is 11.1 Å². The molecule has 0 fully saturated rings. The van der Waals surface area contributed by atoms with Gasteiger partial charge in [0.2, 0.25) is 0 Å². The maximum atomic E-state index is 12.4. The van der Waals surface area contributed by atoms with Crippen molar-refractivity contribution in [2.45, 2.75) is 6.54 Å². The van der Waals surface area contributed by atoms with E-state index in [4.69, 9.17) is 5.73 Å². The summed E-state index contributed by atoms with van der Waals surface area (Å²) in [5, 5.41) is 17.6. The highest BCUT2D eigenvalue weighted by molar-refractivity contribution is 6.05. The molecule has 1 amide bonds. The van der Waals surface area contributed by atoms with Crippen molar-refractivity contribution in [3.8, 4) is 6.07 Å². The van der Waals surface area contributed by atoms with Crippen molar-refractivity contribution in [2.24, 2.45) is 0 Å². The summed E-state index contributed by atoms with van der Waals surface area (Å²) >= 11 is 0. The summed E-state index contributed by atoms with van der Waals surface area (Å²) in [6, 6.07) is 24.1. The van der Waals surface area contributed by atoms with Gasteiger partial charge in [0.05, 0.1) is 23.4 Å². The minimum absolute atomic E-state index is 0.230. The molecule has 0 saturated carbocycles. The molecule has 1 aromatic heterocycles. The molecule has 136 valence electrons. The number of hydrogen-bond donors (Lipinski definition) is 2. The third-order valence-corrected chi connectivity index (χ3v) is 4.51. The van der Waals surface area contributed by atoms with Crippen molar-refractivity contribution in [1.82, 2.24) is 9.78 Å². The fourth-order valence-electron chi connectivity index (χ4n) is 3.05. The Morgan fingerprint density at radius 3 is 2.50 bits per heavy atom. The highest BCUT2D eigenvalue weighted by Gasteiger charge is 2.12. The van der Waals surface area contributed by atoms with Crippen LogP contribution in [0.2, 0.25) is 0 Å². The molecule has 0 radical (unpaired) electrons. The van der Waals surface area contributed by atoms with Crippen LogP contribution in [0, 0.1) is 11.3 Å². The lowest BCUT2D eigenvalue weighted by atomic mass is 10.1. The molecular formula is C22H17N5O. The third-order valence-electron chi connectivity index (χ3n) is 4.51. The van der Waals surface area contributed by atoms with Crippen LogP contribution in [-0.4, -0.2) is 15.7 Å². The first kappa shape index (κ1) is 17.3. The summed E-state index contributed by atoms with van der Waals surface area (Å²) in [6.07, 6.45) is 0. The number of carbonyl (C=O) groups excluding carboxylic acids is 1. The summed E-state index contributed by atoms with van der Waals surface area (Å²) < 4.78 is 1.68. The number of nitrogens with two attached hydrogens (primary N) is 1. The largest absolute Gasteiger partial charge is 0.397 e. The van der Waals surface area contributed by atoms with Gasteiger partial charge in [-0.1, -0.05) is 36.4 Å². The first-order valence-corrected chi connectivity index (χ1v) is 8.76. The topological polar surface area (TPSA) is 96.7 Å². The standard InChI is InChI=1S/C22H17N5O/c23-13-21-17-5-1-3-7-19(17)26-27(21)14-15-9-11-16(12-10-15)22(28)25-20-8-4-2-6-18(20)24/h1-12H,14,24H2,(H,25,28). The molecule has 0 aliphatic rings. The number of nitriles is 1. The van der Waals surface area contributed by atoms with Gasteiger partial charge in [0, 0.05) is 10.9 Å². The van der Waals surface area contributed by atoms with E-state index < -0.39 is 0 Å². The fourth-order valence-corrected chi connectivity index (χ4v) is 3.05. The number of nitrogen functional groups attached to an aromatic ring is 1. The number of hydrogen-bond acceptors (Lipinski definition) is 4. The molecule has 0 spiro atoms. The summed E-state index contributed by atoms with van der Waals surface area (Å²) in [7, 11) is 0. The van der Waals surface area contributed by atoms with Crippen molar-refractivity contribution in [3.63, 3.8) is 0 Å². The number of para-hydroxylation sites is 2. The van der Waals surface area contributed by atoms with Crippen LogP contribution in [0.15, 0.2) is 72.8 Å². The van der Waals surface area contributed by atoms with Gasteiger partial charge in [-0.2, -0.15) is 10.4 Å². The highest BCUT2D eigenvalue weighted by Crippen LogP contribution is 2.20. The average Bonchev–Trinajstić information content (AvgIpc) is 3.07. The second kappa shape index (κ2) is 7.25. The Labute approximate surface area is 161 Å². The maximum Gasteiger partial charge on any atom is 0.255 e.